The van der Waals surface area contributed by atoms with Crippen molar-refractivity contribution in [3.8, 4) is 11.5 Å². The van der Waals surface area contributed by atoms with Gasteiger partial charge >= 0.3 is 0 Å². The molecule has 1 atom stereocenters. The average molecular weight is 275 g/mol. The molecular formula is C12H13N5OS. The molecule has 2 aromatic heterocycles. The molecule has 19 heavy (non-hydrogen) atoms. The number of piperidine rings is 1. The largest absolute Gasteiger partial charge is 0.354 e. The molecule has 3 heterocycles. The Kier molecular flexibility index (Phi) is 3.12. The molecule has 1 saturated heterocycles. The van der Waals surface area contributed by atoms with Crippen LogP contribution in [0.3, 0.4) is 0 Å². The van der Waals surface area contributed by atoms with Crippen molar-refractivity contribution in [2.24, 2.45) is 0 Å². The van der Waals surface area contributed by atoms with E-state index in [9.17, 15) is 4.79 Å². The number of nitrogens with one attached hydrogen (secondary N) is 2. The number of hydrogen-bond donors (Lipinski definition) is 2. The minimum atomic E-state index is 0.0886. The summed E-state index contributed by atoms with van der Waals surface area (Å²) in [6.07, 6.45) is 3.00. The summed E-state index contributed by atoms with van der Waals surface area (Å²) < 4.78 is 2.50. The molecule has 3 rings (SSSR count). The summed E-state index contributed by atoms with van der Waals surface area (Å²) in [5.41, 5.74) is 0.770. The van der Waals surface area contributed by atoms with Crippen LogP contribution in [-0.4, -0.2) is 32.2 Å². The van der Waals surface area contributed by atoms with Gasteiger partial charge < -0.3 is 5.32 Å². The van der Waals surface area contributed by atoms with Crippen molar-refractivity contribution in [3.63, 3.8) is 0 Å². The summed E-state index contributed by atoms with van der Waals surface area (Å²) in [7, 11) is 0. The van der Waals surface area contributed by atoms with Crippen molar-refractivity contribution >= 4 is 18.1 Å². The van der Waals surface area contributed by atoms with Crippen molar-refractivity contribution in [2.45, 2.75) is 18.9 Å². The van der Waals surface area contributed by atoms with Gasteiger partial charge in [-0.05, 0) is 30.8 Å². The first-order valence-corrected chi connectivity index (χ1v) is 6.51. The average Bonchev–Trinajstić information content (AvgIpc) is 2.83. The third-order valence-corrected chi connectivity index (χ3v) is 3.49. The molecule has 0 aromatic carbocycles. The van der Waals surface area contributed by atoms with E-state index in [1.807, 2.05) is 22.8 Å². The van der Waals surface area contributed by atoms with Crippen LogP contribution in [0.1, 0.15) is 18.9 Å². The maximum absolute atomic E-state index is 11.2. The molecule has 1 fully saturated rings. The second kappa shape index (κ2) is 4.93. The van der Waals surface area contributed by atoms with Gasteiger partial charge in [-0.2, -0.15) is 5.10 Å². The molecule has 6 nitrogen and oxygen atoms in total. The lowest BCUT2D eigenvalue weighted by atomic mass is 10.1. The standard InChI is InChI=1S/C12H13N5OS/c18-10-5-4-8(7-14-10)17-11(15-16-12(17)19)9-3-1-2-6-13-9/h1-3,6,8H,4-5,7H2,(H,14,18)(H,16,19). The molecule has 7 heteroatoms. The Balaban J connectivity index is 2.00. The van der Waals surface area contributed by atoms with Gasteiger partial charge in [0, 0.05) is 19.2 Å². The van der Waals surface area contributed by atoms with E-state index in [2.05, 4.69) is 20.5 Å². The molecule has 0 aliphatic carbocycles. The first-order valence-electron chi connectivity index (χ1n) is 6.10. The zero-order valence-electron chi connectivity index (χ0n) is 10.2. The first-order chi connectivity index (χ1) is 9.25. The third kappa shape index (κ3) is 2.28. The second-order valence-corrected chi connectivity index (χ2v) is 4.82. The Morgan fingerprint density at radius 1 is 1.42 bits per heavy atom. The van der Waals surface area contributed by atoms with E-state index >= 15 is 0 Å². The highest BCUT2D eigenvalue weighted by Gasteiger charge is 2.23. The number of aromatic nitrogens is 4. The molecular weight excluding hydrogens is 262 g/mol. The Hall–Kier alpha value is -2.02. The van der Waals surface area contributed by atoms with Crippen LogP contribution < -0.4 is 5.32 Å². The summed E-state index contributed by atoms with van der Waals surface area (Å²) in [4.78, 5) is 15.5. The number of pyridine rings is 1. The van der Waals surface area contributed by atoms with Crippen LogP contribution in [0.4, 0.5) is 0 Å². The fraction of sp³-hybridized carbons (Fsp3) is 0.333. The minimum absolute atomic E-state index is 0.0886. The highest BCUT2D eigenvalue weighted by Crippen LogP contribution is 2.23. The number of hydrogen-bond acceptors (Lipinski definition) is 4. The lowest BCUT2D eigenvalue weighted by molar-refractivity contribution is -0.122. The highest BCUT2D eigenvalue weighted by molar-refractivity contribution is 7.71. The number of amides is 1. The summed E-state index contributed by atoms with van der Waals surface area (Å²) in [6.45, 7) is 0.576. The van der Waals surface area contributed by atoms with Crippen molar-refractivity contribution in [3.05, 3.63) is 29.2 Å². The fourth-order valence-electron chi connectivity index (χ4n) is 2.26. The topological polar surface area (TPSA) is 75.6 Å². The van der Waals surface area contributed by atoms with Crippen molar-refractivity contribution in [2.75, 3.05) is 6.54 Å². The van der Waals surface area contributed by atoms with Crippen molar-refractivity contribution in [1.29, 1.82) is 0 Å². The van der Waals surface area contributed by atoms with E-state index < -0.39 is 0 Å². The number of nitrogens with zero attached hydrogens (tertiary/aromatic N) is 3. The molecule has 1 aliphatic rings. The van der Waals surface area contributed by atoms with Crippen molar-refractivity contribution < 1.29 is 4.79 Å². The number of carbonyl (C=O) groups is 1. The van der Waals surface area contributed by atoms with E-state index in [1.165, 1.54) is 0 Å². The van der Waals surface area contributed by atoms with Crippen LogP contribution in [0.25, 0.3) is 11.5 Å². The van der Waals surface area contributed by atoms with Gasteiger partial charge in [0.2, 0.25) is 5.91 Å². The molecule has 98 valence electrons. The third-order valence-electron chi connectivity index (χ3n) is 3.20. The van der Waals surface area contributed by atoms with Gasteiger partial charge in [0.25, 0.3) is 0 Å². The fourth-order valence-corrected chi connectivity index (χ4v) is 2.54. The van der Waals surface area contributed by atoms with Gasteiger partial charge in [-0.15, -0.1) is 0 Å². The van der Waals surface area contributed by atoms with E-state index in [1.54, 1.807) is 6.20 Å². The Labute approximate surface area is 114 Å². The lowest BCUT2D eigenvalue weighted by Gasteiger charge is -2.24. The van der Waals surface area contributed by atoms with Crippen LogP contribution in [-0.2, 0) is 4.79 Å². The van der Waals surface area contributed by atoms with Crippen molar-refractivity contribution in [1.82, 2.24) is 25.1 Å². The van der Waals surface area contributed by atoms with Crippen LogP contribution in [0.15, 0.2) is 24.4 Å². The van der Waals surface area contributed by atoms with Gasteiger partial charge in [-0.3, -0.25) is 19.4 Å². The van der Waals surface area contributed by atoms with E-state index in [4.69, 9.17) is 12.2 Å². The molecule has 1 aliphatic heterocycles. The van der Waals surface area contributed by atoms with Gasteiger partial charge in [0.05, 0.1) is 6.04 Å². The Morgan fingerprint density at radius 3 is 3.00 bits per heavy atom. The summed E-state index contributed by atoms with van der Waals surface area (Å²) in [5, 5.41) is 9.92. The van der Waals surface area contributed by atoms with Gasteiger partial charge in [-0.25, -0.2) is 0 Å². The smallest absolute Gasteiger partial charge is 0.220 e. The molecule has 0 bridgehead atoms. The molecule has 0 spiro atoms. The molecule has 2 aromatic rings. The Bertz CT molecular complexity index is 638. The SMILES string of the molecule is O=C1CCC(n2c(-c3ccccn3)n[nH]c2=S)CN1. The van der Waals surface area contributed by atoms with E-state index in [0.29, 0.717) is 23.6 Å². The second-order valence-electron chi connectivity index (χ2n) is 4.43. The summed E-state index contributed by atoms with van der Waals surface area (Å²) in [6, 6.07) is 5.78. The monoisotopic (exact) mass is 275 g/mol. The molecule has 2 N–H and O–H groups in total. The minimum Gasteiger partial charge on any atom is -0.354 e. The molecule has 1 amide bonds. The van der Waals surface area contributed by atoms with Gasteiger partial charge in [-0.1, -0.05) is 6.07 Å². The zero-order valence-corrected chi connectivity index (χ0v) is 11.0. The van der Waals surface area contributed by atoms with Crippen LogP contribution in [0.5, 0.6) is 0 Å². The maximum atomic E-state index is 11.2. The van der Waals surface area contributed by atoms with E-state index in [-0.39, 0.29) is 11.9 Å². The number of H-pyrrole nitrogens is 1. The maximum Gasteiger partial charge on any atom is 0.220 e. The molecule has 0 saturated carbocycles. The summed E-state index contributed by atoms with van der Waals surface area (Å²) in [5.74, 6) is 0.803. The molecule has 0 radical (unpaired) electrons. The summed E-state index contributed by atoms with van der Waals surface area (Å²) >= 11 is 5.29. The number of rotatable bonds is 2. The predicted molar refractivity (Wildman–Crippen MR) is 71.9 cm³/mol. The van der Waals surface area contributed by atoms with Crippen LogP contribution >= 0.6 is 12.2 Å². The Morgan fingerprint density at radius 2 is 2.32 bits per heavy atom. The quantitative estimate of drug-likeness (QED) is 0.813. The first kappa shape index (κ1) is 12.0. The zero-order chi connectivity index (χ0) is 13.2. The van der Waals surface area contributed by atoms with E-state index in [0.717, 1.165) is 12.1 Å². The van der Waals surface area contributed by atoms with Crippen LogP contribution in [0, 0.1) is 4.77 Å². The van der Waals surface area contributed by atoms with Gasteiger partial charge in [0.1, 0.15) is 5.69 Å². The molecule has 1 unspecified atom stereocenters. The lowest BCUT2D eigenvalue weighted by Crippen LogP contribution is -2.36. The van der Waals surface area contributed by atoms with Gasteiger partial charge in [0.15, 0.2) is 10.6 Å². The van der Waals surface area contributed by atoms with Crippen LogP contribution in [0.2, 0.25) is 0 Å². The normalized spacial score (nSPS) is 19.2. The number of carbonyl (C=O) groups excluding carboxylic acids is 1. The predicted octanol–water partition coefficient (Wildman–Crippen LogP) is 1.45. The highest BCUT2D eigenvalue weighted by atomic mass is 32.1. The number of aromatic amines is 1.